The molecule has 1 atom stereocenters. The Hall–Kier alpha value is -4.05. The summed E-state index contributed by atoms with van der Waals surface area (Å²) in [4.78, 5) is 30.5. The molecular formula is C27H32N6O4. The Labute approximate surface area is 215 Å². The second kappa shape index (κ2) is 11.8. The van der Waals surface area contributed by atoms with Crippen LogP contribution in [0.4, 0.5) is 0 Å². The number of carbonyl (C=O) groups is 1. The van der Waals surface area contributed by atoms with Gasteiger partial charge < -0.3 is 14.5 Å². The average molecular weight is 505 g/mol. The molecule has 2 aromatic carbocycles. The fourth-order valence-electron chi connectivity index (χ4n) is 4.52. The summed E-state index contributed by atoms with van der Waals surface area (Å²) in [5.74, 6) is 0.859. The lowest BCUT2D eigenvalue weighted by Gasteiger charge is -2.30. The minimum Gasteiger partial charge on any atom is -0.496 e. The molecule has 0 amide bonds. The highest BCUT2D eigenvalue weighted by atomic mass is 16.5. The lowest BCUT2D eigenvalue weighted by molar-refractivity contribution is -0.144. The molecule has 10 heteroatoms. The summed E-state index contributed by atoms with van der Waals surface area (Å²) < 4.78 is 12.2. The normalized spacial score (nSPS) is 12.1. The molecule has 37 heavy (non-hydrogen) atoms. The number of para-hydroxylation sites is 1. The lowest BCUT2D eigenvalue weighted by atomic mass is 10.1. The van der Waals surface area contributed by atoms with Gasteiger partial charge in [0.25, 0.3) is 5.56 Å². The van der Waals surface area contributed by atoms with Crippen molar-refractivity contribution in [2.75, 3.05) is 13.7 Å². The number of pyridine rings is 1. The van der Waals surface area contributed by atoms with Gasteiger partial charge in [-0.3, -0.25) is 14.5 Å². The molecule has 0 bridgehead atoms. The molecule has 0 saturated heterocycles. The number of nitrogens with zero attached hydrogens (tertiary/aromatic N) is 5. The molecule has 0 fully saturated rings. The second-order valence-corrected chi connectivity index (χ2v) is 8.86. The quantitative estimate of drug-likeness (QED) is 0.308. The monoisotopic (exact) mass is 504 g/mol. The highest BCUT2D eigenvalue weighted by molar-refractivity contribution is 5.79. The summed E-state index contributed by atoms with van der Waals surface area (Å²) in [6.07, 6.45) is 0.642. The summed E-state index contributed by atoms with van der Waals surface area (Å²) in [6.45, 7) is 6.76. The molecule has 10 nitrogen and oxygen atoms in total. The van der Waals surface area contributed by atoms with Gasteiger partial charge in [0, 0.05) is 29.7 Å². The van der Waals surface area contributed by atoms with Crippen molar-refractivity contribution in [1.29, 1.82) is 0 Å². The minimum absolute atomic E-state index is 0.0922. The average Bonchev–Trinajstić information content (AvgIpc) is 3.33. The molecule has 0 unspecified atom stereocenters. The van der Waals surface area contributed by atoms with E-state index < -0.39 is 5.97 Å². The Morgan fingerprint density at radius 1 is 1.11 bits per heavy atom. The number of tetrazole rings is 1. The first-order chi connectivity index (χ1) is 17.9. The van der Waals surface area contributed by atoms with Crippen molar-refractivity contribution in [1.82, 2.24) is 30.1 Å². The van der Waals surface area contributed by atoms with E-state index in [-0.39, 0.29) is 24.8 Å². The number of H-pyrrole nitrogens is 1. The number of nitrogens with one attached hydrogen (secondary N) is 1. The van der Waals surface area contributed by atoms with Gasteiger partial charge in [0.15, 0.2) is 5.82 Å². The van der Waals surface area contributed by atoms with Crippen molar-refractivity contribution in [2.24, 2.45) is 0 Å². The summed E-state index contributed by atoms with van der Waals surface area (Å²) in [7, 11) is 1.64. The van der Waals surface area contributed by atoms with Crippen molar-refractivity contribution in [2.45, 2.75) is 52.9 Å². The number of hydrogen-bond donors (Lipinski definition) is 1. The van der Waals surface area contributed by atoms with Gasteiger partial charge in [0.05, 0.1) is 19.8 Å². The molecule has 0 radical (unpaired) electrons. The Bertz CT molecular complexity index is 1430. The zero-order chi connectivity index (χ0) is 26.4. The molecule has 2 aromatic heterocycles. The third-order valence-corrected chi connectivity index (χ3v) is 6.29. The molecule has 0 aliphatic carbocycles. The van der Waals surface area contributed by atoms with E-state index in [0.29, 0.717) is 30.9 Å². The van der Waals surface area contributed by atoms with Gasteiger partial charge in [0.1, 0.15) is 12.3 Å². The smallest absolute Gasteiger partial charge is 0.327 e. The number of aryl methyl sites for hydroxylation is 1. The number of esters is 1. The van der Waals surface area contributed by atoms with Crippen molar-refractivity contribution >= 4 is 16.9 Å². The first-order valence-corrected chi connectivity index (χ1v) is 12.3. The van der Waals surface area contributed by atoms with Gasteiger partial charge in [0.2, 0.25) is 0 Å². The van der Waals surface area contributed by atoms with E-state index in [1.54, 1.807) is 14.0 Å². The Kier molecular flexibility index (Phi) is 8.29. The number of aromatic amines is 1. The summed E-state index contributed by atoms with van der Waals surface area (Å²) in [5.41, 5.74) is 3.31. The maximum atomic E-state index is 13.1. The van der Waals surface area contributed by atoms with E-state index in [9.17, 15) is 9.59 Å². The molecule has 2 heterocycles. The second-order valence-electron chi connectivity index (χ2n) is 8.86. The Morgan fingerprint density at radius 2 is 1.89 bits per heavy atom. The molecule has 4 aromatic rings. The van der Waals surface area contributed by atoms with Crippen LogP contribution in [-0.4, -0.2) is 49.8 Å². The predicted octanol–water partition coefficient (Wildman–Crippen LogP) is 3.55. The number of methoxy groups -OCH3 is 1. The number of carbonyl (C=O) groups excluding carboxylic acids is 1. The van der Waals surface area contributed by atoms with E-state index in [0.717, 1.165) is 27.8 Å². The van der Waals surface area contributed by atoms with Gasteiger partial charge in [-0.1, -0.05) is 37.3 Å². The van der Waals surface area contributed by atoms with Crippen LogP contribution < -0.4 is 10.3 Å². The molecule has 0 spiro atoms. The third-order valence-electron chi connectivity index (χ3n) is 6.29. The van der Waals surface area contributed by atoms with Crippen molar-refractivity contribution in [3.05, 3.63) is 81.4 Å². The Balaban J connectivity index is 1.74. The largest absolute Gasteiger partial charge is 0.496 e. The minimum atomic E-state index is -0.413. The molecule has 0 aliphatic heterocycles. The van der Waals surface area contributed by atoms with E-state index in [1.807, 2.05) is 62.4 Å². The SMILES string of the molecule is CCOC(=O)Cn1nnnc1[C@H](CC)N(Cc1ccccc1OC)Cc1cc2ccc(C)cc2[nH]c1=O. The van der Waals surface area contributed by atoms with Gasteiger partial charge >= 0.3 is 5.97 Å². The van der Waals surface area contributed by atoms with Crippen LogP contribution in [0.1, 0.15) is 48.8 Å². The predicted molar refractivity (Wildman–Crippen MR) is 139 cm³/mol. The zero-order valence-electron chi connectivity index (χ0n) is 21.6. The van der Waals surface area contributed by atoms with E-state index in [2.05, 4.69) is 25.4 Å². The van der Waals surface area contributed by atoms with Crippen molar-refractivity contribution in [3.63, 3.8) is 0 Å². The topological polar surface area (TPSA) is 115 Å². The number of rotatable bonds is 11. The maximum absolute atomic E-state index is 13.1. The molecule has 0 aliphatic rings. The third kappa shape index (κ3) is 6.03. The molecule has 4 rings (SSSR count). The molecule has 194 valence electrons. The highest BCUT2D eigenvalue weighted by Gasteiger charge is 2.27. The molecule has 1 N–H and O–H groups in total. The maximum Gasteiger partial charge on any atom is 0.327 e. The number of aromatic nitrogens is 5. The van der Waals surface area contributed by atoms with Gasteiger partial charge in [-0.25, -0.2) is 4.68 Å². The van der Waals surface area contributed by atoms with Crippen LogP contribution in [0.15, 0.2) is 53.3 Å². The Morgan fingerprint density at radius 3 is 2.65 bits per heavy atom. The fourth-order valence-corrected chi connectivity index (χ4v) is 4.52. The fraction of sp³-hybridized carbons (Fsp3) is 0.370. The van der Waals surface area contributed by atoms with E-state index in [4.69, 9.17) is 9.47 Å². The number of ether oxygens (including phenoxy) is 2. The number of hydrogen-bond acceptors (Lipinski definition) is 8. The van der Waals surface area contributed by atoms with Crippen LogP contribution in [-0.2, 0) is 29.2 Å². The molecular weight excluding hydrogens is 472 g/mol. The first-order valence-electron chi connectivity index (χ1n) is 12.3. The van der Waals surface area contributed by atoms with E-state index in [1.165, 1.54) is 4.68 Å². The van der Waals surface area contributed by atoms with Gasteiger partial charge in [-0.2, -0.15) is 0 Å². The van der Waals surface area contributed by atoms with Crippen LogP contribution >= 0.6 is 0 Å². The van der Waals surface area contributed by atoms with Crippen LogP contribution in [0.5, 0.6) is 5.75 Å². The van der Waals surface area contributed by atoms with Gasteiger partial charge in [-0.15, -0.1) is 5.10 Å². The van der Waals surface area contributed by atoms with Crippen LogP contribution in [0, 0.1) is 6.92 Å². The summed E-state index contributed by atoms with van der Waals surface area (Å²) in [6, 6.07) is 15.4. The van der Waals surface area contributed by atoms with Gasteiger partial charge in [-0.05, 0) is 59.8 Å². The number of benzene rings is 2. The van der Waals surface area contributed by atoms with Crippen LogP contribution in [0.2, 0.25) is 0 Å². The van der Waals surface area contributed by atoms with E-state index >= 15 is 0 Å². The zero-order valence-corrected chi connectivity index (χ0v) is 21.6. The first kappa shape index (κ1) is 26.0. The highest BCUT2D eigenvalue weighted by Crippen LogP contribution is 2.29. The van der Waals surface area contributed by atoms with Crippen LogP contribution in [0.25, 0.3) is 10.9 Å². The number of fused-ring (bicyclic) bond motifs is 1. The van der Waals surface area contributed by atoms with Crippen LogP contribution in [0.3, 0.4) is 0 Å². The summed E-state index contributed by atoms with van der Waals surface area (Å²) in [5, 5.41) is 13.1. The molecule has 0 saturated carbocycles. The lowest BCUT2D eigenvalue weighted by Crippen LogP contribution is -2.33. The summed E-state index contributed by atoms with van der Waals surface area (Å²) >= 11 is 0. The van der Waals surface area contributed by atoms with Crippen molar-refractivity contribution in [3.8, 4) is 5.75 Å². The standard InChI is InChI=1S/C27H32N6O4/c1-5-23(26-29-30-31-33(26)17-25(34)37-6-2)32(15-20-9-7-8-10-24(20)36-4)16-21-14-19-12-11-18(3)13-22(19)28-27(21)35/h7-14,23H,5-6,15-17H2,1-4H3,(H,28,35)/t23-/m0/s1. The van der Waals surface area contributed by atoms with Crippen molar-refractivity contribution < 1.29 is 14.3 Å².